The number of hydrogen-bond acceptors (Lipinski definition) is 6. The molecule has 0 radical (unpaired) electrons. The summed E-state index contributed by atoms with van der Waals surface area (Å²) in [4.78, 5) is 39.1. The van der Waals surface area contributed by atoms with Gasteiger partial charge in [-0.05, 0) is 38.3 Å². The van der Waals surface area contributed by atoms with Gasteiger partial charge in [-0.1, -0.05) is 51.2 Å². The van der Waals surface area contributed by atoms with Crippen LogP contribution in [0, 0.1) is 11.8 Å². The first-order valence-corrected chi connectivity index (χ1v) is 13.0. The number of piperidine rings is 1. The first kappa shape index (κ1) is 25.9. The molecule has 2 heterocycles. The number of pyridine rings is 1. The maximum atomic E-state index is 13.3. The molecule has 1 saturated heterocycles. The average molecular weight is 497 g/mol. The average Bonchev–Trinajstić information content (AvgIpc) is 2.87. The Balaban J connectivity index is 1.59. The smallest absolute Gasteiger partial charge is 0.280 e. The molecule has 4 unspecified atom stereocenters. The van der Waals surface area contributed by atoms with E-state index in [1.807, 2.05) is 0 Å². The van der Waals surface area contributed by atoms with Crippen LogP contribution in [0.15, 0.2) is 34.2 Å². The number of benzene rings is 1. The maximum absolute atomic E-state index is 13.3. The fourth-order valence-electron chi connectivity index (χ4n) is 5.64. The van der Waals surface area contributed by atoms with Crippen LogP contribution in [0.4, 0.5) is 0 Å². The molecule has 1 saturated carbocycles. The van der Waals surface area contributed by atoms with Crippen LogP contribution in [0.2, 0.25) is 0 Å². The van der Waals surface area contributed by atoms with E-state index in [0.29, 0.717) is 17.4 Å². The molecule has 0 spiro atoms. The first-order valence-electron chi connectivity index (χ1n) is 13.0. The number of rotatable bonds is 8. The number of carbonyl (C=O) groups is 2. The van der Waals surface area contributed by atoms with Crippen molar-refractivity contribution in [3.63, 3.8) is 0 Å². The van der Waals surface area contributed by atoms with Gasteiger partial charge in [-0.15, -0.1) is 0 Å². The summed E-state index contributed by atoms with van der Waals surface area (Å²) in [6.45, 7) is 4.11. The van der Waals surface area contributed by atoms with Gasteiger partial charge in [-0.3, -0.25) is 14.4 Å². The number of aliphatic hydroxyl groups excluding tert-OH is 1. The molecular weight excluding hydrogens is 460 g/mol. The van der Waals surface area contributed by atoms with Crippen LogP contribution in [0.25, 0.3) is 10.9 Å². The lowest BCUT2D eigenvalue weighted by Crippen LogP contribution is -2.59. The second-order valence-electron chi connectivity index (χ2n) is 9.98. The summed E-state index contributed by atoms with van der Waals surface area (Å²) in [5, 5.41) is 29.2. The van der Waals surface area contributed by atoms with Crippen molar-refractivity contribution in [2.75, 3.05) is 0 Å². The summed E-state index contributed by atoms with van der Waals surface area (Å²) in [6.07, 6.45) is 6.64. The van der Waals surface area contributed by atoms with Crippen molar-refractivity contribution >= 4 is 28.4 Å². The number of unbranched alkanes of at least 4 members (excludes halogenated alkanes) is 3. The standard InChI is InChI=1S/C27H36N4O5/c1-3-4-5-10-15-31-20-14-9-7-12-18(20)24(33)22(27(31)36)26(35)30-29-16(2)21-23(32)17-11-6-8-13-19(17)28-25(21)34/h7,9,12,14,17,19,21,23,32-33H,3-6,8,10-11,13,15H2,1-2H3,(H,28,34)(H,30,35)/b29-16-. The van der Waals surface area contributed by atoms with E-state index in [4.69, 9.17) is 0 Å². The predicted octanol–water partition coefficient (Wildman–Crippen LogP) is 3.06. The Kier molecular flexibility index (Phi) is 8.08. The number of aromatic nitrogens is 1. The van der Waals surface area contributed by atoms with Gasteiger partial charge in [0.05, 0.1) is 17.3 Å². The molecule has 4 atom stereocenters. The number of aryl methyl sites for hydroxylation is 1. The van der Waals surface area contributed by atoms with Gasteiger partial charge in [-0.2, -0.15) is 5.10 Å². The van der Waals surface area contributed by atoms with Crippen molar-refractivity contribution in [1.29, 1.82) is 0 Å². The molecule has 1 aromatic carbocycles. The maximum Gasteiger partial charge on any atom is 0.280 e. The Hall–Kier alpha value is -3.20. The Morgan fingerprint density at radius 3 is 2.69 bits per heavy atom. The van der Waals surface area contributed by atoms with Gasteiger partial charge in [0.1, 0.15) is 17.2 Å². The number of amides is 2. The molecule has 2 aromatic rings. The van der Waals surface area contributed by atoms with E-state index >= 15 is 0 Å². The van der Waals surface area contributed by atoms with Gasteiger partial charge in [0, 0.05) is 23.9 Å². The molecule has 2 amide bonds. The third-order valence-corrected chi connectivity index (χ3v) is 7.60. The van der Waals surface area contributed by atoms with Gasteiger partial charge in [-0.25, -0.2) is 5.43 Å². The molecule has 1 aliphatic carbocycles. The minimum Gasteiger partial charge on any atom is -0.506 e. The van der Waals surface area contributed by atoms with E-state index in [1.54, 1.807) is 31.2 Å². The van der Waals surface area contributed by atoms with Crippen molar-refractivity contribution in [3.05, 3.63) is 40.2 Å². The van der Waals surface area contributed by atoms with Gasteiger partial charge in [0.25, 0.3) is 11.5 Å². The third kappa shape index (κ3) is 5.02. The van der Waals surface area contributed by atoms with Crippen molar-refractivity contribution < 1.29 is 19.8 Å². The van der Waals surface area contributed by atoms with Crippen LogP contribution in [0.3, 0.4) is 0 Å². The van der Waals surface area contributed by atoms with Crippen LogP contribution >= 0.6 is 0 Å². The summed E-state index contributed by atoms with van der Waals surface area (Å²) < 4.78 is 1.53. The van der Waals surface area contributed by atoms with Crippen molar-refractivity contribution in [2.24, 2.45) is 16.9 Å². The van der Waals surface area contributed by atoms with E-state index in [1.165, 1.54) is 4.57 Å². The number of para-hydroxylation sites is 1. The number of hydrogen-bond donors (Lipinski definition) is 4. The van der Waals surface area contributed by atoms with E-state index in [9.17, 15) is 24.6 Å². The zero-order valence-corrected chi connectivity index (χ0v) is 21.0. The fourth-order valence-corrected chi connectivity index (χ4v) is 5.64. The summed E-state index contributed by atoms with van der Waals surface area (Å²) in [5.74, 6) is -2.50. The monoisotopic (exact) mass is 496 g/mol. The number of carbonyl (C=O) groups excluding carboxylic acids is 2. The minimum absolute atomic E-state index is 0.0368. The third-order valence-electron chi connectivity index (χ3n) is 7.60. The van der Waals surface area contributed by atoms with Crippen molar-refractivity contribution in [3.8, 4) is 5.75 Å². The van der Waals surface area contributed by atoms with Crippen molar-refractivity contribution in [1.82, 2.24) is 15.3 Å². The summed E-state index contributed by atoms with van der Waals surface area (Å²) in [7, 11) is 0. The topological polar surface area (TPSA) is 133 Å². The molecule has 9 heteroatoms. The molecular formula is C27H36N4O5. The predicted molar refractivity (Wildman–Crippen MR) is 138 cm³/mol. The number of nitrogens with zero attached hydrogens (tertiary/aromatic N) is 2. The van der Waals surface area contributed by atoms with Crippen LogP contribution in [-0.2, 0) is 11.3 Å². The first-order chi connectivity index (χ1) is 17.3. The Bertz CT molecular complexity index is 1220. The highest BCUT2D eigenvalue weighted by atomic mass is 16.3. The number of fused-ring (bicyclic) bond motifs is 2. The molecule has 1 aromatic heterocycles. The molecule has 36 heavy (non-hydrogen) atoms. The molecule has 1 aliphatic heterocycles. The van der Waals surface area contributed by atoms with Crippen LogP contribution in [0.1, 0.15) is 75.6 Å². The highest BCUT2D eigenvalue weighted by Crippen LogP contribution is 2.34. The lowest BCUT2D eigenvalue weighted by molar-refractivity contribution is -0.134. The molecule has 2 fully saturated rings. The Morgan fingerprint density at radius 1 is 1.17 bits per heavy atom. The number of aliphatic hydroxyl groups is 1. The highest BCUT2D eigenvalue weighted by molar-refractivity contribution is 6.06. The molecule has 0 bridgehead atoms. The van der Waals surface area contributed by atoms with Gasteiger partial charge in [0.15, 0.2) is 0 Å². The molecule has 4 rings (SSSR count). The van der Waals surface area contributed by atoms with Crippen molar-refractivity contribution in [2.45, 2.75) is 83.9 Å². The van der Waals surface area contributed by atoms with E-state index in [0.717, 1.165) is 51.4 Å². The quantitative estimate of drug-likeness (QED) is 0.253. The molecule has 4 N–H and O–H groups in total. The lowest BCUT2D eigenvalue weighted by atomic mass is 9.72. The number of nitrogens with one attached hydrogen (secondary N) is 2. The second kappa shape index (κ2) is 11.2. The minimum atomic E-state index is -0.890. The van der Waals surface area contributed by atoms with Gasteiger partial charge < -0.3 is 20.1 Å². The SMILES string of the molecule is CCCCCCn1c(=O)c(C(=O)N/N=C(/C)C2C(=O)NC3CCCCC3C2O)c(O)c2ccccc21. The Labute approximate surface area is 210 Å². The normalized spacial score (nSPS) is 24.3. The fraction of sp³-hybridized carbons (Fsp3) is 0.556. The zero-order valence-electron chi connectivity index (χ0n) is 21.0. The number of hydrazone groups is 1. The van der Waals surface area contributed by atoms with Crippen LogP contribution in [-0.4, -0.2) is 44.5 Å². The largest absolute Gasteiger partial charge is 0.506 e. The zero-order chi connectivity index (χ0) is 25.8. The molecule has 9 nitrogen and oxygen atoms in total. The summed E-state index contributed by atoms with van der Waals surface area (Å²) in [5.41, 5.74) is 2.18. The number of aromatic hydroxyl groups is 1. The van der Waals surface area contributed by atoms with Gasteiger partial charge >= 0.3 is 0 Å². The Morgan fingerprint density at radius 2 is 1.92 bits per heavy atom. The second-order valence-corrected chi connectivity index (χ2v) is 9.98. The molecule has 194 valence electrons. The van der Waals surface area contributed by atoms with E-state index < -0.39 is 29.2 Å². The molecule has 2 aliphatic rings. The van der Waals surface area contributed by atoms with E-state index in [-0.39, 0.29) is 29.1 Å². The van der Waals surface area contributed by atoms with Crippen LogP contribution < -0.4 is 16.3 Å². The summed E-state index contributed by atoms with van der Waals surface area (Å²) >= 11 is 0. The van der Waals surface area contributed by atoms with Gasteiger partial charge in [0.2, 0.25) is 5.91 Å². The lowest BCUT2D eigenvalue weighted by Gasteiger charge is -2.42. The summed E-state index contributed by atoms with van der Waals surface area (Å²) in [6, 6.07) is 6.90. The highest BCUT2D eigenvalue weighted by Gasteiger charge is 2.45. The van der Waals surface area contributed by atoms with E-state index in [2.05, 4.69) is 22.8 Å². The van der Waals surface area contributed by atoms with Crippen LogP contribution in [0.5, 0.6) is 5.75 Å².